The maximum absolute atomic E-state index is 13.1. The first-order chi connectivity index (χ1) is 13.9. The molecule has 0 spiro atoms. The van der Waals surface area contributed by atoms with Crippen molar-refractivity contribution >= 4 is 15.7 Å². The molecule has 0 radical (unpaired) electrons. The van der Waals surface area contributed by atoms with Crippen LogP contribution in [0.4, 0.5) is 0 Å². The molecule has 8 heteroatoms. The predicted octanol–water partition coefficient (Wildman–Crippen LogP) is 2.57. The van der Waals surface area contributed by atoms with E-state index in [9.17, 15) is 13.2 Å². The maximum atomic E-state index is 13.1. The van der Waals surface area contributed by atoms with Gasteiger partial charge in [-0.1, -0.05) is 0 Å². The second-order valence-corrected chi connectivity index (χ2v) is 9.65. The van der Waals surface area contributed by atoms with Crippen molar-refractivity contribution in [3.63, 3.8) is 0 Å². The first-order valence-electron chi connectivity index (χ1n) is 9.53. The second kappa shape index (κ2) is 6.52. The highest BCUT2D eigenvalue weighted by molar-refractivity contribution is 7.90. The van der Waals surface area contributed by atoms with E-state index in [4.69, 9.17) is 0 Å². The Morgan fingerprint density at radius 3 is 2.59 bits per heavy atom. The van der Waals surface area contributed by atoms with Crippen LogP contribution in [0.1, 0.15) is 40.5 Å². The van der Waals surface area contributed by atoms with Crippen LogP contribution in [0.15, 0.2) is 59.9 Å². The van der Waals surface area contributed by atoms with E-state index in [0.29, 0.717) is 5.56 Å². The first kappa shape index (κ1) is 18.1. The van der Waals surface area contributed by atoms with E-state index in [2.05, 4.69) is 10.1 Å². The van der Waals surface area contributed by atoms with E-state index in [-0.39, 0.29) is 22.9 Å². The average Bonchev–Trinajstić information content (AvgIpc) is 3.28. The zero-order chi connectivity index (χ0) is 20.2. The Morgan fingerprint density at radius 1 is 1.10 bits per heavy atom. The minimum atomic E-state index is -3.24. The minimum absolute atomic E-state index is 0.0144. The zero-order valence-electron chi connectivity index (χ0n) is 15.9. The summed E-state index contributed by atoms with van der Waals surface area (Å²) in [6.45, 7) is 0. The van der Waals surface area contributed by atoms with Crippen LogP contribution in [0.25, 0.3) is 5.69 Å². The summed E-state index contributed by atoms with van der Waals surface area (Å²) in [5, 5.41) is 4.56. The molecule has 1 aromatic carbocycles. The lowest BCUT2D eigenvalue weighted by Gasteiger charge is -2.35. The number of benzene rings is 1. The van der Waals surface area contributed by atoms with E-state index in [1.807, 2.05) is 15.8 Å². The number of hydrogen-bond donors (Lipinski definition) is 0. The van der Waals surface area contributed by atoms with E-state index in [1.165, 1.54) is 6.26 Å². The van der Waals surface area contributed by atoms with Crippen molar-refractivity contribution in [3.05, 3.63) is 71.8 Å². The molecule has 4 heterocycles. The van der Waals surface area contributed by atoms with Crippen molar-refractivity contribution in [2.24, 2.45) is 0 Å². The fourth-order valence-electron chi connectivity index (χ4n) is 4.48. The fourth-order valence-corrected chi connectivity index (χ4v) is 5.11. The number of fused-ring (bicyclic) bond motifs is 4. The van der Waals surface area contributed by atoms with Crippen LogP contribution in [-0.2, 0) is 16.3 Å². The number of sulfone groups is 1. The molecule has 0 N–H and O–H groups in total. The van der Waals surface area contributed by atoms with E-state index < -0.39 is 9.84 Å². The summed E-state index contributed by atoms with van der Waals surface area (Å²) in [4.78, 5) is 19.4. The van der Waals surface area contributed by atoms with Gasteiger partial charge in [-0.25, -0.2) is 13.1 Å². The third-order valence-electron chi connectivity index (χ3n) is 5.84. The van der Waals surface area contributed by atoms with Crippen molar-refractivity contribution in [1.29, 1.82) is 0 Å². The van der Waals surface area contributed by atoms with Gasteiger partial charge < -0.3 is 4.90 Å². The fraction of sp³-hybridized carbons (Fsp3) is 0.286. The molecule has 148 valence electrons. The Bertz CT molecular complexity index is 1190. The molecule has 0 unspecified atom stereocenters. The topological polar surface area (TPSA) is 85.2 Å². The monoisotopic (exact) mass is 408 g/mol. The molecule has 5 rings (SSSR count). The number of rotatable bonds is 3. The third kappa shape index (κ3) is 2.95. The second-order valence-electron chi connectivity index (χ2n) is 7.63. The molecule has 2 aliphatic heterocycles. The van der Waals surface area contributed by atoms with Gasteiger partial charge in [0, 0.05) is 36.7 Å². The Kier molecular flexibility index (Phi) is 4.06. The van der Waals surface area contributed by atoms with Crippen LogP contribution in [0.2, 0.25) is 0 Å². The lowest BCUT2D eigenvalue weighted by molar-refractivity contribution is 0.0644. The summed E-state index contributed by atoms with van der Waals surface area (Å²) >= 11 is 0. The van der Waals surface area contributed by atoms with Gasteiger partial charge in [-0.15, -0.1) is 0 Å². The van der Waals surface area contributed by atoms with Gasteiger partial charge in [0.1, 0.15) is 0 Å². The molecule has 1 fully saturated rings. The molecule has 2 aromatic heterocycles. The summed E-state index contributed by atoms with van der Waals surface area (Å²) in [5.41, 5.74) is 3.60. The summed E-state index contributed by atoms with van der Waals surface area (Å²) in [6, 6.07) is 10.5. The molecule has 2 atom stereocenters. The van der Waals surface area contributed by atoms with Gasteiger partial charge in [-0.05, 0) is 49.2 Å². The van der Waals surface area contributed by atoms with Crippen molar-refractivity contribution in [2.45, 2.75) is 36.2 Å². The lowest BCUT2D eigenvalue weighted by Crippen LogP contribution is -2.42. The van der Waals surface area contributed by atoms with Crippen molar-refractivity contribution < 1.29 is 13.2 Å². The van der Waals surface area contributed by atoms with Gasteiger partial charge in [-0.3, -0.25) is 9.78 Å². The third-order valence-corrected chi connectivity index (χ3v) is 6.97. The summed E-state index contributed by atoms with van der Waals surface area (Å²) in [5.74, 6) is 0.0153. The molecule has 3 aromatic rings. The van der Waals surface area contributed by atoms with E-state index in [1.54, 1.807) is 48.8 Å². The Labute approximate surface area is 168 Å². The molecular weight excluding hydrogens is 388 g/mol. The molecule has 1 saturated heterocycles. The van der Waals surface area contributed by atoms with Crippen LogP contribution >= 0.6 is 0 Å². The number of hydrogen-bond acceptors (Lipinski definition) is 5. The highest BCUT2D eigenvalue weighted by Gasteiger charge is 2.44. The Balaban J connectivity index is 1.49. The molecule has 0 saturated carbocycles. The Morgan fingerprint density at radius 2 is 1.90 bits per heavy atom. The highest BCUT2D eigenvalue weighted by atomic mass is 32.2. The Hall–Kier alpha value is -3.00. The van der Waals surface area contributed by atoms with Gasteiger partial charge in [-0.2, -0.15) is 5.10 Å². The average molecular weight is 408 g/mol. The maximum Gasteiger partial charge on any atom is 0.256 e. The van der Waals surface area contributed by atoms with Crippen LogP contribution in [0.5, 0.6) is 0 Å². The largest absolute Gasteiger partial charge is 0.328 e. The number of pyridine rings is 1. The predicted molar refractivity (Wildman–Crippen MR) is 107 cm³/mol. The molecule has 7 nitrogen and oxygen atoms in total. The summed E-state index contributed by atoms with van der Waals surface area (Å²) in [6.07, 6.45) is 8.92. The van der Waals surface area contributed by atoms with Gasteiger partial charge in [0.05, 0.1) is 34.1 Å². The van der Waals surface area contributed by atoms with Gasteiger partial charge >= 0.3 is 0 Å². The molecule has 2 bridgehead atoms. The normalized spacial score (nSPS) is 20.5. The number of carbonyl (C=O) groups is 1. The lowest BCUT2D eigenvalue weighted by atomic mass is 9.99. The smallest absolute Gasteiger partial charge is 0.256 e. The molecule has 2 aliphatic rings. The number of aromatic nitrogens is 3. The van der Waals surface area contributed by atoms with Crippen LogP contribution in [0, 0.1) is 0 Å². The number of amides is 1. The first-order valence-corrected chi connectivity index (χ1v) is 11.4. The molecule has 1 amide bonds. The van der Waals surface area contributed by atoms with Crippen molar-refractivity contribution in [3.8, 4) is 5.69 Å². The standard InChI is InChI=1S/C21H20N4O3S/c1-29(27,28)17-7-4-15(5-8-17)25-20-11-16-6-9-19(18(20)13-23-25)24(16)21(26)14-3-2-10-22-12-14/h2-5,7-8,10,12-13,16,19H,6,9,11H2,1H3/t16-,19+/m1/s1. The van der Waals surface area contributed by atoms with Crippen molar-refractivity contribution in [2.75, 3.05) is 6.26 Å². The SMILES string of the molecule is CS(=O)(=O)c1ccc(-n2ncc3c2C[C@H]2CC[C@@H]3N2C(=O)c2cccnc2)cc1. The highest BCUT2D eigenvalue weighted by Crippen LogP contribution is 2.44. The van der Waals surface area contributed by atoms with Crippen molar-refractivity contribution in [1.82, 2.24) is 19.7 Å². The van der Waals surface area contributed by atoms with Gasteiger partial charge in [0.15, 0.2) is 9.84 Å². The van der Waals surface area contributed by atoms with Crippen LogP contribution in [-0.4, -0.2) is 46.3 Å². The number of nitrogens with zero attached hydrogens (tertiary/aromatic N) is 4. The zero-order valence-corrected chi connectivity index (χ0v) is 16.7. The van der Waals surface area contributed by atoms with Crippen LogP contribution in [0.3, 0.4) is 0 Å². The number of carbonyl (C=O) groups excluding carboxylic acids is 1. The molecular formula is C21H20N4O3S. The minimum Gasteiger partial charge on any atom is -0.328 e. The van der Waals surface area contributed by atoms with E-state index in [0.717, 1.165) is 36.2 Å². The van der Waals surface area contributed by atoms with Crippen LogP contribution < -0.4 is 0 Å². The summed E-state index contributed by atoms with van der Waals surface area (Å²) in [7, 11) is -3.24. The quantitative estimate of drug-likeness (QED) is 0.665. The molecule has 0 aliphatic carbocycles. The van der Waals surface area contributed by atoms with Gasteiger partial charge in [0.25, 0.3) is 5.91 Å². The molecule has 29 heavy (non-hydrogen) atoms. The summed E-state index contributed by atoms with van der Waals surface area (Å²) < 4.78 is 25.3. The van der Waals surface area contributed by atoms with E-state index >= 15 is 0 Å². The van der Waals surface area contributed by atoms with Gasteiger partial charge in [0.2, 0.25) is 0 Å².